The van der Waals surface area contributed by atoms with Crippen LogP contribution in [0, 0.1) is 5.82 Å². The number of nitrogens with one attached hydrogen (secondary N) is 1. The van der Waals surface area contributed by atoms with Gasteiger partial charge in [-0.3, -0.25) is 9.10 Å². The molecule has 1 atom stereocenters. The molecular weight excluding hydrogens is 459 g/mol. The average molecular weight is 485 g/mol. The molecule has 0 spiro atoms. The second-order valence-corrected chi connectivity index (χ2v) is 10.6. The molecule has 3 aromatic rings. The molecule has 0 heterocycles. The maximum atomic E-state index is 14.0. The molecule has 33 heavy (non-hydrogen) atoms. The van der Waals surface area contributed by atoms with Crippen LogP contribution in [0.1, 0.15) is 30.0 Å². The minimum Gasteiger partial charge on any atom is -0.348 e. The molecule has 0 bridgehead atoms. The van der Waals surface area contributed by atoms with Gasteiger partial charge in [-0.2, -0.15) is 0 Å². The highest BCUT2D eigenvalue weighted by atomic mass is 32.2. The number of aryl methyl sites for hydroxylation is 1. The van der Waals surface area contributed by atoms with Gasteiger partial charge in [0.05, 0.1) is 16.6 Å². The number of amides is 1. The number of hydrogen-bond donors (Lipinski definition) is 1. The van der Waals surface area contributed by atoms with Crippen LogP contribution in [0.15, 0.2) is 82.6 Å². The van der Waals surface area contributed by atoms with E-state index in [1.54, 1.807) is 12.1 Å². The Morgan fingerprint density at radius 2 is 1.85 bits per heavy atom. The predicted molar refractivity (Wildman–Crippen MR) is 129 cm³/mol. The molecule has 8 heteroatoms. The first-order valence-corrected chi connectivity index (χ1v) is 13.3. The summed E-state index contributed by atoms with van der Waals surface area (Å²) in [5.74, 6) is -1.02. The van der Waals surface area contributed by atoms with Crippen LogP contribution in [0.25, 0.3) is 0 Å². The van der Waals surface area contributed by atoms with E-state index in [1.807, 2.05) is 24.5 Å². The topological polar surface area (TPSA) is 66.5 Å². The maximum absolute atomic E-state index is 14.0. The third kappa shape index (κ3) is 5.23. The molecule has 0 fully saturated rings. The fourth-order valence-corrected chi connectivity index (χ4v) is 5.92. The van der Waals surface area contributed by atoms with E-state index in [0.717, 1.165) is 40.1 Å². The van der Waals surface area contributed by atoms with Gasteiger partial charge in [-0.05, 0) is 79.1 Å². The van der Waals surface area contributed by atoms with Crippen molar-refractivity contribution in [2.75, 3.05) is 17.1 Å². The molecular formula is C25H25FN2O3S2. The summed E-state index contributed by atoms with van der Waals surface area (Å²) in [6, 6.07) is 19.5. The van der Waals surface area contributed by atoms with Crippen molar-refractivity contribution in [1.82, 2.24) is 5.32 Å². The van der Waals surface area contributed by atoms with Crippen molar-refractivity contribution in [2.45, 2.75) is 35.1 Å². The Morgan fingerprint density at radius 3 is 2.58 bits per heavy atom. The maximum Gasteiger partial charge on any atom is 0.264 e. The quantitative estimate of drug-likeness (QED) is 0.483. The lowest BCUT2D eigenvalue weighted by Crippen LogP contribution is -2.42. The fourth-order valence-electron chi connectivity index (χ4n) is 4.10. The monoisotopic (exact) mass is 484 g/mol. The van der Waals surface area contributed by atoms with Crippen LogP contribution in [0.2, 0.25) is 0 Å². The number of anilines is 1. The molecule has 172 valence electrons. The van der Waals surface area contributed by atoms with Gasteiger partial charge in [-0.25, -0.2) is 12.8 Å². The van der Waals surface area contributed by atoms with Crippen molar-refractivity contribution in [3.05, 3.63) is 89.7 Å². The molecule has 1 aliphatic carbocycles. The summed E-state index contributed by atoms with van der Waals surface area (Å²) in [5, 5.41) is 2.99. The summed E-state index contributed by atoms with van der Waals surface area (Å²) in [7, 11) is -4.10. The summed E-state index contributed by atoms with van der Waals surface area (Å²) in [6.45, 7) is -0.450. The second kappa shape index (κ2) is 9.97. The number of nitrogens with zero attached hydrogens (tertiary/aromatic N) is 1. The number of halogens is 1. The van der Waals surface area contributed by atoms with Crippen LogP contribution in [0.3, 0.4) is 0 Å². The Morgan fingerprint density at radius 1 is 1.09 bits per heavy atom. The van der Waals surface area contributed by atoms with Gasteiger partial charge in [0.25, 0.3) is 10.0 Å². The first-order valence-electron chi connectivity index (χ1n) is 10.7. The Bertz CT molecular complexity index is 1250. The van der Waals surface area contributed by atoms with E-state index in [4.69, 9.17) is 0 Å². The standard InChI is InChI=1S/C25H25FN2O3S2/c1-32-21-12-14-22(15-13-21)33(30,31)28(20-9-5-8-19(26)16-20)17-25(29)27-24-11-4-7-18-6-2-3-10-23(18)24/h2-3,5-6,8-10,12-16,24H,4,7,11,17H2,1H3,(H,27,29). The number of sulfonamides is 1. The molecule has 0 saturated carbocycles. The van der Waals surface area contributed by atoms with Crippen LogP contribution in [-0.2, 0) is 21.2 Å². The van der Waals surface area contributed by atoms with Crippen molar-refractivity contribution in [1.29, 1.82) is 0 Å². The summed E-state index contributed by atoms with van der Waals surface area (Å²) >= 11 is 1.50. The van der Waals surface area contributed by atoms with Crippen LogP contribution < -0.4 is 9.62 Å². The summed E-state index contributed by atoms with van der Waals surface area (Å²) in [4.78, 5) is 14.0. The molecule has 5 nitrogen and oxygen atoms in total. The van der Waals surface area contributed by atoms with Crippen molar-refractivity contribution in [2.24, 2.45) is 0 Å². The predicted octanol–water partition coefficient (Wildman–Crippen LogP) is 4.94. The minimum atomic E-state index is -4.10. The number of hydrogen-bond acceptors (Lipinski definition) is 4. The number of thioether (sulfide) groups is 1. The molecule has 0 radical (unpaired) electrons. The van der Waals surface area contributed by atoms with Gasteiger partial charge in [-0.1, -0.05) is 30.3 Å². The Balaban J connectivity index is 1.62. The van der Waals surface area contributed by atoms with Gasteiger partial charge in [0.2, 0.25) is 5.91 Å². The minimum absolute atomic E-state index is 0.0420. The zero-order valence-corrected chi connectivity index (χ0v) is 19.8. The Labute approximate surface area is 198 Å². The highest BCUT2D eigenvalue weighted by Crippen LogP contribution is 2.30. The molecule has 3 aromatic carbocycles. The normalized spacial score (nSPS) is 15.5. The lowest BCUT2D eigenvalue weighted by Gasteiger charge is -2.28. The van der Waals surface area contributed by atoms with E-state index >= 15 is 0 Å². The number of rotatable bonds is 7. The van der Waals surface area contributed by atoms with Crippen molar-refractivity contribution < 1.29 is 17.6 Å². The largest absolute Gasteiger partial charge is 0.348 e. The van der Waals surface area contributed by atoms with Gasteiger partial charge in [0.15, 0.2) is 0 Å². The lowest BCUT2D eigenvalue weighted by atomic mass is 9.88. The molecule has 4 rings (SSSR count). The molecule has 0 aromatic heterocycles. The zero-order valence-electron chi connectivity index (χ0n) is 18.2. The summed E-state index contributed by atoms with van der Waals surface area (Å²) in [6.07, 6.45) is 4.58. The van der Waals surface area contributed by atoms with Gasteiger partial charge in [-0.15, -0.1) is 11.8 Å². The third-order valence-corrected chi connectivity index (χ3v) is 8.27. The highest BCUT2D eigenvalue weighted by Gasteiger charge is 2.29. The third-order valence-electron chi connectivity index (χ3n) is 5.74. The smallest absolute Gasteiger partial charge is 0.264 e. The number of carbonyl (C=O) groups excluding carboxylic acids is 1. The summed E-state index contributed by atoms with van der Waals surface area (Å²) in [5.41, 5.74) is 2.35. The molecule has 0 aliphatic heterocycles. The second-order valence-electron chi connectivity index (χ2n) is 7.88. The van der Waals surface area contributed by atoms with Crippen LogP contribution in [0.5, 0.6) is 0 Å². The van der Waals surface area contributed by atoms with Crippen molar-refractivity contribution in [3.8, 4) is 0 Å². The Hall–Kier alpha value is -2.84. The lowest BCUT2D eigenvalue weighted by molar-refractivity contribution is -0.120. The van der Waals surface area contributed by atoms with Gasteiger partial charge in [0, 0.05) is 4.90 Å². The first-order chi connectivity index (χ1) is 15.9. The van der Waals surface area contributed by atoms with Crippen molar-refractivity contribution >= 4 is 33.4 Å². The van der Waals surface area contributed by atoms with Crippen LogP contribution in [0.4, 0.5) is 10.1 Å². The van der Waals surface area contributed by atoms with E-state index in [2.05, 4.69) is 11.4 Å². The van der Waals surface area contributed by atoms with Gasteiger partial charge < -0.3 is 5.32 Å². The van der Waals surface area contributed by atoms with E-state index in [-0.39, 0.29) is 16.6 Å². The molecule has 0 saturated heterocycles. The van der Waals surface area contributed by atoms with Crippen molar-refractivity contribution in [3.63, 3.8) is 0 Å². The molecule has 1 aliphatic rings. The molecule has 1 N–H and O–H groups in total. The van der Waals surface area contributed by atoms with E-state index in [9.17, 15) is 17.6 Å². The van der Waals surface area contributed by atoms with E-state index in [0.29, 0.717) is 0 Å². The number of carbonyl (C=O) groups is 1. The van der Waals surface area contributed by atoms with Crippen LogP contribution in [-0.4, -0.2) is 27.1 Å². The van der Waals surface area contributed by atoms with Crippen LogP contribution >= 0.6 is 11.8 Å². The highest BCUT2D eigenvalue weighted by molar-refractivity contribution is 7.98. The number of fused-ring (bicyclic) bond motifs is 1. The summed E-state index contributed by atoms with van der Waals surface area (Å²) < 4.78 is 41.9. The van der Waals surface area contributed by atoms with E-state index in [1.165, 1.54) is 47.7 Å². The SMILES string of the molecule is CSc1ccc(S(=O)(=O)N(CC(=O)NC2CCCc3ccccc32)c2cccc(F)c2)cc1. The Kier molecular flexibility index (Phi) is 7.05. The molecule has 1 unspecified atom stereocenters. The number of benzene rings is 3. The van der Waals surface area contributed by atoms with E-state index < -0.39 is 28.3 Å². The first kappa shape index (κ1) is 23.3. The average Bonchev–Trinajstić information content (AvgIpc) is 2.83. The zero-order chi connectivity index (χ0) is 23.4. The molecule has 1 amide bonds. The fraction of sp³-hybridized carbons (Fsp3) is 0.240. The van der Waals surface area contributed by atoms with Gasteiger partial charge in [0.1, 0.15) is 12.4 Å². The van der Waals surface area contributed by atoms with Gasteiger partial charge >= 0.3 is 0 Å².